The summed E-state index contributed by atoms with van der Waals surface area (Å²) in [6, 6.07) is 5.47. The fourth-order valence-electron chi connectivity index (χ4n) is 1.78. The summed E-state index contributed by atoms with van der Waals surface area (Å²) in [4.78, 5) is 8.98. The Bertz CT molecular complexity index is 662. The molecule has 0 atom stereocenters. The van der Waals surface area contributed by atoms with Crippen molar-refractivity contribution in [1.29, 1.82) is 0 Å². The highest BCUT2D eigenvalue weighted by atomic mass is 79.9. The van der Waals surface area contributed by atoms with Gasteiger partial charge in [-0.05, 0) is 25.1 Å². The molecule has 0 radical (unpaired) electrons. The molecule has 1 aromatic heterocycles. The largest absolute Gasteiger partial charge is 0.437 e. The normalized spacial score (nSPS) is 10.8. The number of rotatable bonds is 4. The maximum Gasteiger partial charge on any atom is 0.227 e. The maximum atomic E-state index is 6.19. The Morgan fingerprint density at radius 2 is 2.00 bits per heavy atom. The number of benzene rings is 1. The van der Waals surface area contributed by atoms with Crippen molar-refractivity contribution in [3.05, 3.63) is 39.1 Å². The number of hydrogen-bond acceptors (Lipinski definition) is 4. The minimum Gasteiger partial charge on any atom is -0.437 e. The third-order valence-corrected chi connectivity index (χ3v) is 3.76. The molecule has 21 heavy (non-hydrogen) atoms. The minimum atomic E-state index is 0.209. The average Bonchev–Trinajstić information content (AvgIpc) is 2.43. The Morgan fingerprint density at radius 3 is 2.57 bits per heavy atom. The lowest BCUT2D eigenvalue weighted by atomic mass is 10.2. The molecule has 2 aromatic rings. The van der Waals surface area contributed by atoms with Gasteiger partial charge < -0.3 is 10.1 Å². The number of aromatic nitrogens is 2. The van der Waals surface area contributed by atoms with Gasteiger partial charge in [0.15, 0.2) is 0 Å². The first-order valence-electron chi connectivity index (χ1n) is 6.61. The lowest BCUT2D eigenvalue weighted by molar-refractivity contribution is 0.453. The second kappa shape index (κ2) is 6.62. The summed E-state index contributed by atoms with van der Waals surface area (Å²) in [5.74, 6) is 2.78. The van der Waals surface area contributed by atoms with Gasteiger partial charge in [-0.15, -0.1) is 0 Å². The van der Waals surface area contributed by atoms with Gasteiger partial charge in [-0.25, -0.2) is 4.98 Å². The van der Waals surface area contributed by atoms with Gasteiger partial charge in [-0.1, -0.05) is 41.4 Å². The predicted molar refractivity (Wildman–Crippen MR) is 89.6 cm³/mol. The molecule has 1 aromatic carbocycles. The highest BCUT2D eigenvalue weighted by Crippen LogP contribution is 2.34. The molecule has 0 aliphatic rings. The highest BCUT2D eigenvalue weighted by molar-refractivity contribution is 9.10. The molecule has 0 aliphatic carbocycles. The van der Waals surface area contributed by atoms with E-state index in [0.717, 1.165) is 21.7 Å². The molecule has 1 N–H and O–H groups in total. The van der Waals surface area contributed by atoms with Crippen LogP contribution in [0.15, 0.2) is 22.7 Å². The van der Waals surface area contributed by atoms with Crippen LogP contribution < -0.4 is 10.1 Å². The zero-order valence-electron chi connectivity index (χ0n) is 12.4. The van der Waals surface area contributed by atoms with E-state index < -0.39 is 0 Å². The molecule has 6 heteroatoms. The summed E-state index contributed by atoms with van der Waals surface area (Å²) >= 11 is 9.57. The van der Waals surface area contributed by atoms with E-state index in [1.807, 2.05) is 40.0 Å². The Balaban J connectivity index is 2.45. The molecule has 112 valence electrons. The Labute approximate surface area is 138 Å². The summed E-state index contributed by atoms with van der Waals surface area (Å²) in [5, 5.41) is 3.60. The van der Waals surface area contributed by atoms with Crippen molar-refractivity contribution in [2.24, 2.45) is 0 Å². The van der Waals surface area contributed by atoms with Crippen LogP contribution in [0.4, 0.5) is 5.82 Å². The topological polar surface area (TPSA) is 47.0 Å². The number of hydrogen-bond donors (Lipinski definition) is 1. The van der Waals surface area contributed by atoms with E-state index in [9.17, 15) is 0 Å². The monoisotopic (exact) mass is 369 g/mol. The molecule has 0 bridgehead atoms. The van der Waals surface area contributed by atoms with E-state index in [4.69, 9.17) is 16.3 Å². The van der Waals surface area contributed by atoms with Crippen LogP contribution in [-0.4, -0.2) is 17.0 Å². The van der Waals surface area contributed by atoms with E-state index >= 15 is 0 Å². The van der Waals surface area contributed by atoms with Crippen LogP contribution in [0.25, 0.3) is 0 Å². The zero-order valence-corrected chi connectivity index (χ0v) is 14.7. The van der Waals surface area contributed by atoms with E-state index in [1.54, 1.807) is 6.07 Å². The number of nitrogens with zero attached hydrogens (tertiary/aromatic N) is 2. The van der Waals surface area contributed by atoms with Gasteiger partial charge >= 0.3 is 0 Å². The van der Waals surface area contributed by atoms with Crippen molar-refractivity contribution >= 4 is 33.3 Å². The summed E-state index contributed by atoms with van der Waals surface area (Å²) in [6.07, 6.45) is 0. The van der Waals surface area contributed by atoms with Crippen molar-refractivity contribution in [3.8, 4) is 11.6 Å². The first-order chi connectivity index (χ1) is 9.92. The van der Waals surface area contributed by atoms with Crippen LogP contribution in [0.3, 0.4) is 0 Å². The van der Waals surface area contributed by atoms with Crippen molar-refractivity contribution in [3.63, 3.8) is 0 Å². The molecule has 2 rings (SSSR count). The zero-order chi connectivity index (χ0) is 15.6. The number of anilines is 1. The smallest absolute Gasteiger partial charge is 0.227 e. The minimum absolute atomic E-state index is 0.209. The SMILES string of the molecule is CNc1nc(C(C)C)nc(Oc2ccc(Br)cc2Cl)c1C. The molecule has 4 nitrogen and oxygen atoms in total. The van der Waals surface area contributed by atoms with Crippen LogP contribution >= 0.6 is 27.5 Å². The lowest BCUT2D eigenvalue weighted by Gasteiger charge is -2.15. The van der Waals surface area contributed by atoms with Crippen LogP contribution in [-0.2, 0) is 0 Å². The van der Waals surface area contributed by atoms with E-state index in [0.29, 0.717) is 16.7 Å². The lowest BCUT2D eigenvalue weighted by Crippen LogP contribution is -2.06. The average molecular weight is 371 g/mol. The molecule has 1 heterocycles. The van der Waals surface area contributed by atoms with Crippen molar-refractivity contribution < 1.29 is 4.74 Å². The van der Waals surface area contributed by atoms with E-state index in [2.05, 4.69) is 31.2 Å². The standard InChI is InChI=1S/C15H17BrClN3O/c1-8(2)13-19-14(18-4)9(3)15(20-13)21-12-6-5-10(16)7-11(12)17/h5-8H,1-4H3,(H,18,19,20). The summed E-state index contributed by atoms with van der Waals surface area (Å²) in [6.45, 7) is 6.00. The fraction of sp³-hybridized carbons (Fsp3) is 0.333. The first kappa shape index (κ1) is 16.0. The van der Waals surface area contributed by atoms with Crippen LogP contribution in [0, 0.1) is 6.92 Å². The molecule has 0 saturated heterocycles. The fourth-order valence-corrected chi connectivity index (χ4v) is 2.49. The van der Waals surface area contributed by atoms with Crippen LogP contribution in [0.5, 0.6) is 11.6 Å². The number of nitrogens with one attached hydrogen (secondary N) is 1. The molecule has 0 unspecified atom stereocenters. The number of halogens is 2. The molecular weight excluding hydrogens is 354 g/mol. The van der Waals surface area contributed by atoms with Gasteiger partial charge in [0, 0.05) is 17.4 Å². The number of ether oxygens (including phenoxy) is 1. The quantitative estimate of drug-likeness (QED) is 0.807. The third kappa shape index (κ3) is 3.66. The van der Waals surface area contributed by atoms with Gasteiger partial charge in [0.25, 0.3) is 0 Å². The Kier molecular flexibility index (Phi) is 5.06. The van der Waals surface area contributed by atoms with Crippen molar-refractivity contribution in [1.82, 2.24) is 9.97 Å². The Hall–Kier alpha value is -1.33. The Morgan fingerprint density at radius 1 is 1.29 bits per heavy atom. The van der Waals surface area contributed by atoms with E-state index in [-0.39, 0.29) is 5.92 Å². The van der Waals surface area contributed by atoms with Gasteiger partial charge in [-0.3, -0.25) is 0 Å². The van der Waals surface area contributed by atoms with Gasteiger partial charge in [-0.2, -0.15) is 4.98 Å². The van der Waals surface area contributed by atoms with Gasteiger partial charge in [0.1, 0.15) is 17.4 Å². The molecule has 0 aliphatic heterocycles. The summed E-state index contributed by atoms with van der Waals surface area (Å²) < 4.78 is 6.79. The van der Waals surface area contributed by atoms with Crippen LogP contribution in [0.1, 0.15) is 31.2 Å². The van der Waals surface area contributed by atoms with Crippen LogP contribution in [0.2, 0.25) is 5.02 Å². The molecule has 0 saturated carbocycles. The molecule has 0 spiro atoms. The predicted octanol–water partition coefficient (Wildman–Crippen LogP) is 5.16. The van der Waals surface area contributed by atoms with Gasteiger partial charge in [0.2, 0.25) is 5.88 Å². The first-order valence-corrected chi connectivity index (χ1v) is 7.78. The molecule has 0 amide bonds. The second-order valence-electron chi connectivity index (χ2n) is 4.94. The molecular formula is C15H17BrClN3O. The molecule has 0 fully saturated rings. The highest BCUT2D eigenvalue weighted by Gasteiger charge is 2.15. The van der Waals surface area contributed by atoms with Crippen molar-refractivity contribution in [2.75, 3.05) is 12.4 Å². The maximum absolute atomic E-state index is 6.19. The third-order valence-electron chi connectivity index (χ3n) is 2.97. The van der Waals surface area contributed by atoms with Crippen molar-refractivity contribution in [2.45, 2.75) is 26.7 Å². The van der Waals surface area contributed by atoms with Gasteiger partial charge in [0.05, 0.1) is 10.6 Å². The summed E-state index contributed by atoms with van der Waals surface area (Å²) in [7, 11) is 1.83. The second-order valence-corrected chi connectivity index (χ2v) is 6.26. The van der Waals surface area contributed by atoms with E-state index in [1.165, 1.54) is 0 Å². The summed E-state index contributed by atoms with van der Waals surface area (Å²) in [5.41, 5.74) is 0.848.